The summed E-state index contributed by atoms with van der Waals surface area (Å²) in [5, 5.41) is 8.24. The highest BCUT2D eigenvalue weighted by Crippen LogP contribution is 2.08. The Kier molecular flexibility index (Phi) is 10.9. The predicted molar refractivity (Wildman–Crippen MR) is 53.3 cm³/mol. The maximum atomic E-state index is 10.7. The monoisotopic (exact) mass is 190 g/mol. The highest BCUT2D eigenvalue weighted by Gasteiger charge is 2.18. The topological polar surface area (TPSA) is 75.4 Å². The highest BCUT2D eigenvalue weighted by atomic mass is 16.5. The molecule has 0 fully saturated rings. The van der Waals surface area contributed by atoms with Crippen LogP contribution in [0.25, 0.3) is 0 Å². The lowest BCUT2D eigenvalue weighted by Crippen LogP contribution is -2.43. The van der Waals surface area contributed by atoms with Crippen LogP contribution in [0.3, 0.4) is 0 Å². The summed E-state index contributed by atoms with van der Waals surface area (Å²) >= 11 is 0. The molecule has 80 valence electrons. The lowest BCUT2D eigenvalue weighted by Gasteiger charge is -2.16. The molecule has 13 heavy (non-hydrogen) atoms. The summed E-state index contributed by atoms with van der Waals surface area (Å²) in [5.74, 6) is -0.391. The van der Waals surface area contributed by atoms with Crippen molar-refractivity contribution in [1.82, 2.24) is 5.48 Å². The number of carbonyl (C=O) groups is 1. The minimum atomic E-state index is -0.597. The summed E-state index contributed by atoms with van der Waals surface area (Å²) in [6.07, 6.45) is 1.89. The third-order valence-electron chi connectivity index (χ3n) is 1.77. The molecule has 0 radical (unpaired) electrons. The second-order valence-corrected chi connectivity index (χ2v) is 2.77. The molecule has 0 heterocycles. The normalized spacial score (nSPS) is 13.7. The average Bonchev–Trinajstić information content (AvgIpc) is 2.19. The van der Waals surface area contributed by atoms with Crippen molar-refractivity contribution in [3.63, 3.8) is 0 Å². The summed E-state index contributed by atoms with van der Waals surface area (Å²) in [7, 11) is 0. The quantitative estimate of drug-likeness (QED) is 0.462. The van der Waals surface area contributed by atoms with Crippen molar-refractivity contribution in [1.29, 1.82) is 0 Å². The van der Waals surface area contributed by atoms with Gasteiger partial charge in [0.1, 0.15) is 0 Å². The summed E-state index contributed by atoms with van der Waals surface area (Å²) < 4.78 is 0. The van der Waals surface area contributed by atoms with Gasteiger partial charge >= 0.3 is 0 Å². The fraction of sp³-hybridized carbons (Fsp3) is 0.889. The zero-order chi connectivity index (χ0) is 10.9. The van der Waals surface area contributed by atoms with Crippen LogP contribution >= 0.6 is 0 Å². The fourth-order valence-corrected chi connectivity index (χ4v) is 0.968. The molecular formula is C9H22N2O2. The molecule has 0 rings (SSSR count). The molecule has 2 atom stereocenters. The Morgan fingerprint density at radius 3 is 2.31 bits per heavy atom. The molecule has 4 nitrogen and oxygen atoms in total. The maximum absolute atomic E-state index is 10.7. The summed E-state index contributed by atoms with van der Waals surface area (Å²) in [6.45, 7) is 7.92. The fourth-order valence-electron chi connectivity index (χ4n) is 0.968. The van der Waals surface area contributed by atoms with E-state index in [9.17, 15) is 4.79 Å². The number of hydroxylamine groups is 1. The number of nitrogens with two attached hydrogens (primary N) is 1. The molecule has 0 bridgehead atoms. The Balaban J connectivity index is 0. The Hall–Kier alpha value is -0.610. The molecule has 2 unspecified atom stereocenters. The molecule has 0 spiro atoms. The summed E-state index contributed by atoms with van der Waals surface area (Å²) in [6, 6.07) is -0.597. The second-order valence-electron chi connectivity index (χ2n) is 2.77. The molecule has 0 aliphatic carbocycles. The van der Waals surface area contributed by atoms with Gasteiger partial charge in [-0.05, 0) is 12.3 Å². The largest absolute Gasteiger partial charge is 0.320 e. The van der Waals surface area contributed by atoms with Crippen molar-refractivity contribution in [3.8, 4) is 0 Å². The van der Waals surface area contributed by atoms with Crippen LogP contribution in [0.2, 0.25) is 0 Å². The van der Waals surface area contributed by atoms with E-state index in [2.05, 4.69) is 0 Å². The maximum Gasteiger partial charge on any atom is 0.260 e. The number of nitrogens with one attached hydrogen (secondary N) is 1. The van der Waals surface area contributed by atoms with Crippen molar-refractivity contribution >= 4 is 5.91 Å². The van der Waals surface area contributed by atoms with Gasteiger partial charge in [0, 0.05) is 0 Å². The summed E-state index contributed by atoms with van der Waals surface area (Å²) in [5.41, 5.74) is 7.03. The van der Waals surface area contributed by atoms with Gasteiger partial charge < -0.3 is 5.73 Å². The van der Waals surface area contributed by atoms with Crippen LogP contribution in [0.4, 0.5) is 0 Å². The molecular weight excluding hydrogens is 168 g/mol. The Morgan fingerprint density at radius 2 is 2.00 bits per heavy atom. The third-order valence-corrected chi connectivity index (χ3v) is 1.77. The van der Waals surface area contributed by atoms with Crippen molar-refractivity contribution in [2.75, 3.05) is 0 Å². The number of hydrogen-bond donors (Lipinski definition) is 3. The van der Waals surface area contributed by atoms with Gasteiger partial charge in [-0.3, -0.25) is 10.0 Å². The third kappa shape index (κ3) is 6.54. The SMILES string of the molecule is CC.CCCC(C)C(N)C(=O)NO. The van der Waals surface area contributed by atoms with Crippen molar-refractivity contribution < 1.29 is 10.0 Å². The first-order valence-corrected chi connectivity index (χ1v) is 4.83. The molecule has 0 aromatic heterocycles. The zero-order valence-corrected chi connectivity index (χ0v) is 9.00. The smallest absolute Gasteiger partial charge is 0.260 e. The van der Waals surface area contributed by atoms with Crippen LogP contribution in [-0.2, 0) is 4.79 Å². The molecule has 4 N–H and O–H groups in total. The summed E-state index contributed by atoms with van der Waals surface area (Å²) in [4.78, 5) is 10.7. The number of hydrogen-bond acceptors (Lipinski definition) is 3. The highest BCUT2D eigenvalue weighted by molar-refractivity contribution is 5.80. The Morgan fingerprint density at radius 1 is 1.54 bits per heavy atom. The van der Waals surface area contributed by atoms with Gasteiger partial charge in [-0.2, -0.15) is 0 Å². The predicted octanol–water partition coefficient (Wildman–Crippen LogP) is 1.28. The van der Waals surface area contributed by atoms with Crippen molar-refractivity contribution in [2.24, 2.45) is 11.7 Å². The van der Waals surface area contributed by atoms with Crippen LogP contribution in [-0.4, -0.2) is 17.2 Å². The van der Waals surface area contributed by atoms with E-state index in [4.69, 9.17) is 10.9 Å². The van der Waals surface area contributed by atoms with Gasteiger partial charge in [-0.25, -0.2) is 5.48 Å². The van der Waals surface area contributed by atoms with Gasteiger partial charge in [0.05, 0.1) is 6.04 Å². The van der Waals surface area contributed by atoms with E-state index in [0.717, 1.165) is 12.8 Å². The van der Waals surface area contributed by atoms with Gasteiger partial charge in [-0.1, -0.05) is 34.1 Å². The van der Waals surface area contributed by atoms with Crippen molar-refractivity contribution in [2.45, 2.75) is 46.6 Å². The van der Waals surface area contributed by atoms with E-state index in [1.54, 1.807) is 5.48 Å². The van der Waals surface area contributed by atoms with E-state index in [0.29, 0.717) is 0 Å². The van der Waals surface area contributed by atoms with Crippen LogP contribution < -0.4 is 11.2 Å². The first-order valence-electron chi connectivity index (χ1n) is 4.83. The molecule has 1 amide bonds. The molecule has 4 heteroatoms. The van der Waals surface area contributed by atoms with E-state index < -0.39 is 11.9 Å². The van der Waals surface area contributed by atoms with Crippen LogP contribution in [0, 0.1) is 5.92 Å². The standard InChI is InChI=1S/C7H16N2O2.C2H6/c1-3-4-5(2)6(8)7(10)9-11;1-2/h5-6,11H,3-4,8H2,1-2H3,(H,9,10);1-2H3. The van der Waals surface area contributed by atoms with Gasteiger partial charge in [0.2, 0.25) is 0 Å². The molecule has 0 aliphatic heterocycles. The Bertz CT molecular complexity index is 129. The second kappa shape index (κ2) is 9.48. The van der Waals surface area contributed by atoms with E-state index in [1.165, 1.54) is 0 Å². The van der Waals surface area contributed by atoms with Gasteiger partial charge in [-0.15, -0.1) is 0 Å². The van der Waals surface area contributed by atoms with Crippen LogP contribution in [0.1, 0.15) is 40.5 Å². The molecule has 0 aromatic carbocycles. The first kappa shape index (κ1) is 14.9. The number of carbonyl (C=O) groups excluding carboxylic acids is 1. The van der Waals surface area contributed by atoms with Gasteiger partial charge in [0.15, 0.2) is 0 Å². The zero-order valence-electron chi connectivity index (χ0n) is 9.00. The number of rotatable bonds is 4. The van der Waals surface area contributed by atoms with Gasteiger partial charge in [0.25, 0.3) is 5.91 Å². The lowest BCUT2D eigenvalue weighted by molar-refractivity contribution is -0.131. The average molecular weight is 190 g/mol. The number of amides is 1. The Labute approximate surface area is 80.5 Å². The van der Waals surface area contributed by atoms with Crippen LogP contribution in [0.15, 0.2) is 0 Å². The minimum absolute atomic E-state index is 0.118. The van der Waals surface area contributed by atoms with Crippen molar-refractivity contribution in [3.05, 3.63) is 0 Å². The first-order chi connectivity index (χ1) is 6.13. The van der Waals surface area contributed by atoms with E-state index >= 15 is 0 Å². The van der Waals surface area contributed by atoms with E-state index in [-0.39, 0.29) is 5.92 Å². The lowest BCUT2D eigenvalue weighted by atomic mass is 9.97. The molecule has 0 aromatic rings. The molecule has 0 aliphatic rings. The van der Waals surface area contributed by atoms with E-state index in [1.807, 2.05) is 27.7 Å². The molecule has 0 saturated carbocycles. The molecule has 0 saturated heterocycles. The van der Waals surface area contributed by atoms with Crippen LogP contribution in [0.5, 0.6) is 0 Å². The minimum Gasteiger partial charge on any atom is -0.320 e.